The van der Waals surface area contributed by atoms with Crippen LogP contribution in [0.2, 0.25) is 0 Å². The Morgan fingerprint density at radius 3 is 2.43 bits per heavy atom. The van der Waals surface area contributed by atoms with Crippen LogP contribution in [0.15, 0.2) is 36.5 Å². The summed E-state index contributed by atoms with van der Waals surface area (Å²) in [5.41, 5.74) is 1.61. The highest BCUT2D eigenvalue weighted by atomic mass is 31.0. The van der Waals surface area contributed by atoms with Crippen LogP contribution in [0.4, 0.5) is 8.78 Å². The Morgan fingerprint density at radius 1 is 1.29 bits per heavy atom. The SMILES string of the molecule is O=C(O)c1cc(-c2ccc(P)cc2)n(C2CC(F)(F)C2)c1. The fourth-order valence-electron chi connectivity index (χ4n) is 2.61. The lowest BCUT2D eigenvalue weighted by Gasteiger charge is -2.37. The summed E-state index contributed by atoms with van der Waals surface area (Å²) in [5.74, 6) is -3.69. The summed E-state index contributed by atoms with van der Waals surface area (Å²) >= 11 is 0. The smallest absolute Gasteiger partial charge is 0.337 e. The molecule has 2 aromatic rings. The maximum atomic E-state index is 13.1. The normalized spacial score (nSPS) is 17.5. The second-order valence-electron chi connectivity index (χ2n) is 5.37. The quantitative estimate of drug-likeness (QED) is 0.884. The molecule has 110 valence electrons. The highest BCUT2D eigenvalue weighted by Gasteiger charge is 2.46. The van der Waals surface area contributed by atoms with Gasteiger partial charge in [-0.2, -0.15) is 0 Å². The molecule has 3 nitrogen and oxygen atoms in total. The average molecular weight is 309 g/mol. The summed E-state index contributed by atoms with van der Waals surface area (Å²) in [6.45, 7) is 0. The molecule has 3 rings (SSSR count). The van der Waals surface area contributed by atoms with Gasteiger partial charge < -0.3 is 9.67 Å². The molecular formula is C15H14F2NO2P. The molecule has 1 aliphatic rings. The van der Waals surface area contributed by atoms with Crippen LogP contribution in [-0.4, -0.2) is 21.6 Å². The van der Waals surface area contributed by atoms with Crippen molar-refractivity contribution in [2.45, 2.75) is 24.8 Å². The average Bonchev–Trinajstić information content (AvgIpc) is 2.81. The number of rotatable bonds is 3. The summed E-state index contributed by atoms with van der Waals surface area (Å²) in [6.07, 6.45) is 0.969. The van der Waals surface area contributed by atoms with E-state index in [-0.39, 0.29) is 24.4 Å². The van der Waals surface area contributed by atoms with Gasteiger partial charge in [0, 0.05) is 30.8 Å². The fraction of sp³-hybridized carbons (Fsp3) is 0.267. The lowest BCUT2D eigenvalue weighted by atomic mass is 9.87. The molecule has 0 aliphatic heterocycles. The van der Waals surface area contributed by atoms with E-state index >= 15 is 0 Å². The molecule has 0 spiro atoms. The Kier molecular flexibility index (Phi) is 3.33. The molecule has 0 radical (unpaired) electrons. The van der Waals surface area contributed by atoms with E-state index in [0.29, 0.717) is 5.69 Å². The minimum absolute atomic E-state index is 0.121. The molecule has 21 heavy (non-hydrogen) atoms. The third kappa shape index (κ3) is 2.70. The van der Waals surface area contributed by atoms with Crippen molar-refractivity contribution in [2.24, 2.45) is 0 Å². The molecule has 0 bridgehead atoms. The van der Waals surface area contributed by atoms with E-state index in [0.717, 1.165) is 10.9 Å². The van der Waals surface area contributed by atoms with Crippen molar-refractivity contribution in [3.05, 3.63) is 42.1 Å². The van der Waals surface area contributed by atoms with Crippen molar-refractivity contribution < 1.29 is 18.7 Å². The summed E-state index contributed by atoms with van der Waals surface area (Å²) in [6, 6.07) is 8.67. The van der Waals surface area contributed by atoms with Gasteiger partial charge in [-0.05, 0) is 16.9 Å². The van der Waals surface area contributed by atoms with Crippen molar-refractivity contribution in [2.75, 3.05) is 0 Å². The highest BCUT2D eigenvalue weighted by Crippen LogP contribution is 2.47. The lowest BCUT2D eigenvalue weighted by molar-refractivity contribution is -0.103. The third-order valence-corrected chi connectivity index (χ3v) is 4.15. The summed E-state index contributed by atoms with van der Waals surface area (Å²) in [5, 5.41) is 10.1. The molecule has 0 amide bonds. The number of hydrogen-bond acceptors (Lipinski definition) is 1. The molecule has 1 fully saturated rings. The first-order valence-corrected chi connectivity index (χ1v) is 7.12. The van der Waals surface area contributed by atoms with Crippen LogP contribution in [0.5, 0.6) is 0 Å². The first-order chi connectivity index (χ1) is 9.85. The Hall–Kier alpha value is -1.74. The number of aromatic nitrogens is 1. The van der Waals surface area contributed by atoms with Gasteiger partial charge in [0.2, 0.25) is 0 Å². The minimum Gasteiger partial charge on any atom is -0.478 e. The van der Waals surface area contributed by atoms with Crippen LogP contribution in [0.3, 0.4) is 0 Å². The maximum Gasteiger partial charge on any atom is 0.337 e. The van der Waals surface area contributed by atoms with Gasteiger partial charge in [0.05, 0.1) is 5.56 Å². The van der Waals surface area contributed by atoms with Crippen molar-refractivity contribution >= 4 is 20.5 Å². The van der Waals surface area contributed by atoms with Crippen LogP contribution in [0, 0.1) is 0 Å². The topological polar surface area (TPSA) is 42.2 Å². The van der Waals surface area contributed by atoms with Crippen LogP contribution >= 0.6 is 9.24 Å². The van der Waals surface area contributed by atoms with Gasteiger partial charge >= 0.3 is 5.97 Å². The number of hydrogen-bond donors (Lipinski definition) is 1. The summed E-state index contributed by atoms with van der Waals surface area (Å²) in [7, 11) is 2.57. The standard InChI is InChI=1S/C15H14F2NO2P/c16-15(17)6-11(7-15)18-8-10(14(19)20)5-13(18)9-1-3-12(21)4-2-9/h1-5,8,11H,6-7,21H2,(H,19,20). The summed E-state index contributed by atoms with van der Waals surface area (Å²) < 4.78 is 27.9. The second kappa shape index (κ2) is 4.92. The maximum absolute atomic E-state index is 13.1. The Balaban J connectivity index is 2.02. The molecule has 1 heterocycles. The van der Waals surface area contributed by atoms with Crippen LogP contribution in [0.1, 0.15) is 29.2 Å². The van der Waals surface area contributed by atoms with E-state index in [4.69, 9.17) is 5.11 Å². The molecule has 1 saturated carbocycles. The zero-order valence-electron chi connectivity index (χ0n) is 11.1. The molecule has 1 unspecified atom stereocenters. The van der Waals surface area contributed by atoms with Crippen molar-refractivity contribution in [1.29, 1.82) is 0 Å². The lowest BCUT2D eigenvalue weighted by Crippen LogP contribution is -2.37. The van der Waals surface area contributed by atoms with Gasteiger partial charge in [0.25, 0.3) is 5.92 Å². The Morgan fingerprint density at radius 2 is 1.90 bits per heavy atom. The molecule has 1 N–H and O–H groups in total. The molecule has 1 aromatic heterocycles. The number of aromatic carboxylic acids is 1. The molecule has 1 aromatic carbocycles. The van der Waals surface area contributed by atoms with E-state index in [1.165, 1.54) is 12.3 Å². The van der Waals surface area contributed by atoms with E-state index in [9.17, 15) is 13.6 Å². The number of halogens is 2. The zero-order chi connectivity index (χ0) is 15.2. The number of benzene rings is 1. The highest BCUT2D eigenvalue weighted by molar-refractivity contribution is 7.27. The first-order valence-electron chi connectivity index (χ1n) is 6.55. The van der Waals surface area contributed by atoms with Crippen molar-refractivity contribution in [1.82, 2.24) is 4.57 Å². The molecule has 1 atom stereocenters. The van der Waals surface area contributed by atoms with Gasteiger partial charge in [-0.15, -0.1) is 9.24 Å². The molecule has 6 heteroatoms. The van der Waals surface area contributed by atoms with E-state index in [1.807, 2.05) is 24.3 Å². The Labute approximate surface area is 122 Å². The van der Waals surface area contributed by atoms with Gasteiger partial charge in [0.1, 0.15) is 0 Å². The first kappa shape index (κ1) is 14.2. The number of nitrogens with zero attached hydrogens (tertiary/aromatic N) is 1. The number of carbonyl (C=O) groups is 1. The predicted octanol–water partition coefficient (Wildman–Crippen LogP) is 3.32. The largest absolute Gasteiger partial charge is 0.478 e. The summed E-state index contributed by atoms with van der Waals surface area (Å²) in [4.78, 5) is 11.1. The monoisotopic (exact) mass is 309 g/mol. The van der Waals surface area contributed by atoms with E-state index in [1.54, 1.807) is 4.57 Å². The Bertz CT molecular complexity index is 686. The minimum atomic E-state index is -2.64. The van der Waals surface area contributed by atoms with Gasteiger partial charge in [0.15, 0.2) is 0 Å². The number of carboxylic acid groups (broad SMARTS) is 1. The fourth-order valence-corrected chi connectivity index (χ4v) is 2.80. The zero-order valence-corrected chi connectivity index (χ0v) is 12.2. The second-order valence-corrected chi connectivity index (χ2v) is 6.03. The van der Waals surface area contributed by atoms with Crippen molar-refractivity contribution in [3.63, 3.8) is 0 Å². The van der Waals surface area contributed by atoms with Crippen molar-refractivity contribution in [3.8, 4) is 11.3 Å². The van der Waals surface area contributed by atoms with Crippen LogP contribution in [0.25, 0.3) is 11.3 Å². The van der Waals surface area contributed by atoms with Crippen LogP contribution in [-0.2, 0) is 0 Å². The van der Waals surface area contributed by atoms with Crippen LogP contribution < -0.4 is 5.30 Å². The molecular weight excluding hydrogens is 295 g/mol. The predicted molar refractivity (Wildman–Crippen MR) is 79.4 cm³/mol. The van der Waals surface area contributed by atoms with Gasteiger partial charge in [-0.25, -0.2) is 13.6 Å². The number of alkyl halides is 2. The van der Waals surface area contributed by atoms with Gasteiger partial charge in [-0.1, -0.05) is 24.3 Å². The molecule has 1 aliphatic carbocycles. The van der Waals surface area contributed by atoms with E-state index in [2.05, 4.69) is 9.24 Å². The third-order valence-electron chi connectivity index (χ3n) is 3.76. The van der Waals surface area contributed by atoms with Gasteiger partial charge in [-0.3, -0.25) is 0 Å². The number of carboxylic acids is 1. The molecule has 0 saturated heterocycles. The van der Waals surface area contributed by atoms with E-state index < -0.39 is 11.9 Å².